The first kappa shape index (κ1) is 20.7. The highest BCUT2D eigenvalue weighted by molar-refractivity contribution is 7.89. The number of ketones is 1. The molecule has 0 radical (unpaired) electrons. The third-order valence-corrected chi connectivity index (χ3v) is 6.22. The van der Waals surface area contributed by atoms with Gasteiger partial charge in [-0.05, 0) is 55.3 Å². The van der Waals surface area contributed by atoms with Crippen LogP contribution in [0.25, 0.3) is 10.8 Å². The molecule has 0 aliphatic carbocycles. The molecule has 0 saturated carbocycles. The first-order valence-corrected chi connectivity index (χ1v) is 10.8. The van der Waals surface area contributed by atoms with Gasteiger partial charge in [-0.15, -0.1) is 5.73 Å². The van der Waals surface area contributed by atoms with Crippen LogP contribution in [0.4, 0.5) is 0 Å². The highest BCUT2D eigenvalue weighted by Crippen LogP contribution is 2.27. The lowest BCUT2D eigenvalue weighted by Crippen LogP contribution is -2.27. The van der Waals surface area contributed by atoms with E-state index in [-0.39, 0.29) is 10.7 Å². The van der Waals surface area contributed by atoms with Crippen LogP contribution in [0.15, 0.2) is 89.0 Å². The van der Waals surface area contributed by atoms with E-state index in [1.165, 1.54) is 6.92 Å². The van der Waals surface area contributed by atoms with E-state index in [2.05, 4.69) is 10.5 Å². The van der Waals surface area contributed by atoms with Gasteiger partial charge >= 0.3 is 0 Å². The van der Waals surface area contributed by atoms with Gasteiger partial charge in [-0.1, -0.05) is 60.2 Å². The minimum absolute atomic E-state index is 0.112. The Hall–Kier alpha value is -2.98. The van der Waals surface area contributed by atoms with Crippen LogP contribution < -0.4 is 4.72 Å². The van der Waals surface area contributed by atoms with Crippen molar-refractivity contribution >= 4 is 26.6 Å². The largest absolute Gasteiger partial charge is 0.294 e. The van der Waals surface area contributed by atoms with E-state index in [9.17, 15) is 13.2 Å². The van der Waals surface area contributed by atoms with E-state index in [4.69, 9.17) is 0 Å². The molecule has 0 aliphatic heterocycles. The van der Waals surface area contributed by atoms with Crippen molar-refractivity contribution < 1.29 is 13.2 Å². The SMILES string of the molecule is CC(=O)C(C)=C=CC(NS(=O)(=O)c1ccc(C)cc1)c1cccc2ccccc12. The molecule has 4 nitrogen and oxygen atoms in total. The van der Waals surface area contributed by atoms with Crippen LogP contribution in [0.1, 0.15) is 31.0 Å². The fourth-order valence-corrected chi connectivity index (χ4v) is 4.13. The van der Waals surface area contributed by atoms with Crippen molar-refractivity contribution in [2.45, 2.75) is 31.7 Å². The van der Waals surface area contributed by atoms with E-state index in [0.717, 1.165) is 21.9 Å². The van der Waals surface area contributed by atoms with E-state index in [1.54, 1.807) is 37.3 Å². The van der Waals surface area contributed by atoms with Crippen molar-refractivity contribution in [1.29, 1.82) is 0 Å². The van der Waals surface area contributed by atoms with Gasteiger partial charge in [0.1, 0.15) is 0 Å². The summed E-state index contributed by atoms with van der Waals surface area (Å²) >= 11 is 0. The van der Waals surface area contributed by atoms with Crippen molar-refractivity contribution in [2.75, 3.05) is 0 Å². The molecule has 148 valence electrons. The normalized spacial score (nSPS) is 12.2. The number of hydrogen-bond donors (Lipinski definition) is 1. The van der Waals surface area contributed by atoms with Crippen molar-refractivity contribution in [1.82, 2.24) is 4.72 Å². The summed E-state index contributed by atoms with van der Waals surface area (Å²) in [4.78, 5) is 11.8. The zero-order chi connectivity index (χ0) is 21.0. The van der Waals surface area contributed by atoms with Gasteiger partial charge in [-0.25, -0.2) is 8.42 Å². The Bertz CT molecular complexity index is 1210. The van der Waals surface area contributed by atoms with Crippen LogP contribution in [0.5, 0.6) is 0 Å². The fraction of sp³-hybridized carbons (Fsp3) is 0.167. The predicted molar refractivity (Wildman–Crippen MR) is 116 cm³/mol. The molecule has 0 amide bonds. The number of carbonyl (C=O) groups excluding carboxylic acids is 1. The lowest BCUT2D eigenvalue weighted by molar-refractivity contribution is -0.113. The molecule has 1 unspecified atom stereocenters. The van der Waals surface area contributed by atoms with E-state index in [1.807, 2.05) is 49.4 Å². The summed E-state index contributed by atoms with van der Waals surface area (Å²) in [5, 5.41) is 1.94. The number of Topliss-reactive ketones (excluding diaryl/α,β-unsaturated/α-hetero) is 1. The number of carbonyl (C=O) groups is 1. The second kappa shape index (κ2) is 8.58. The van der Waals surface area contributed by atoms with Gasteiger partial charge in [-0.2, -0.15) is 4.72 Å². The Balaban J connectivity index is 2.12. The third-order valence-electron chi connectivity index (χ3n) is 4.77. The number of benzene rings is 3. The summed E-state index contributed by atoms with van der Waals surface area (Å²) in [5.41, 5.74) is 5.15. The lowest BCUT2D eigenvalue weighted by Gasteiger charge is -2.17. The second-order valence-electron chi connectivity index (χ2n) is 6.97. The topological polar surface area (TPSA) is 63.2 Å². The van der Waals surface area contributed by atoms with E-state index < -0.39 is 16.1 Å². The summed E-state index contributed by atoms with van der Waals surface area (Å²) in [7, 11) is -3.78. The molecule has 0 heterocycles. The molecule has 1 atom stereocenters. The number of aryl methyl sites for hydroxylation is 1. The Labute approximate surface area is 171 Å². The van der Waals surface area contributed by atoms with Crippen LogP contribution in [0, 0.1) is 6.92 Å². The molecule has 0 fully saturated rings. The molecule has 0 saturated heterocycles. The Morgan fingerprint density at radius 3 is 2.31 bits per heavy atom. The quantitative estimate of drug-likeness (QED) is 0.471. The van der Waals surface area contributed by atoms with Crippen LogP contribution in [-0.2, 0) is 14.8 Å². The first-order valence-electron chi connectivity index (χ1n) is 9.29. The fourth-order valence-electron chi connectivity index (χ4n) is 2.97. The molecule has 0 spiro atoms. The molecule has 29 heavy (non-hydrogen) atoms. The van der Waals surface area contributed by atoms with Gasteiger partial charge in [0, 0.05) is 5.57 Å². The molecule has 0 aliphatic rings. The molecule has 1 N–H and O–H groups in total. The molecule has 3 aromatic rings. The van der Waals surface area contributed by atoms with E-state index in [0.29, 0.717) is 5.57 Å². The Morgan fingerprint density at radius 2 is 1.62 bits per heavy atom. The molecular formula is C24H23NO3S. The standard InChI is InChI=1S/C24H23NO3S/c1-17-11-14-21(15-12-17)29(27,28)25-24(16-13-18(2)19(3)26)23-10-6-8-20-7-4-5-9-22(20)23/h4-12,14-16,24-25H,1-3H3. The average Bonchev–Trinajstić information content (AvgIpc) is 2.70. The van der Waals surface area contributed by atoms with Crippen molar-refractivity contribution in [2.24, 2.45) is 0 Å². The number of hydrogen-bond acceptors (Lipinski definition) is 3. The Morgan fingerprint density at radius 1 is 0.966 bits per heavy atom. The Kier molecular flexibility index (Phi) is 6.14. The minimum Gasteiger partial charge on any atom is -0.294 e. The molecule has 0 aromatic heterocycles. The molecule has 5 heteroatoms. The number of sulfonamides is 1. The van der Waals surface area contributed by atoms with Crippen LogP contribution in [-0.4, -0.2) is 14.2 Å². The minimum atomic E-state index is -3.78. The highest BCUT2D eigenvalue weighted by Gasteiger charge is 2.21. The zero-order valence-electron chi connectivity index (χ0n) is 16.6. The molecule has 3 rings (SSSR count). The first-order chi connectivity index (χ1) is 13.8. The van der Waals surface area contributed by atoms with Gasteiger partial charge in [0.2, 0.25) is 10.0 Å². The van der Waals surface area contributed by atoms with Crippen LogP contribution in [0.3, 0.4) is 0 Å². The van der Waals surface area contributed by atoms with Gasteiger partial charge in [-0.3, -0.25) is 4.79 Å². The summed E-state index contributed by atoms with van der Waals surface area (Å²) in [6.07, 6.45) is 1.60. The lowest BCUT2D eigenvalue weighted by atomic mass is 9.99. The zero-order valence-corrected chi connectivity index (χ0v) is 17.5. The van der Waals surface area contributed by atoms with Gasteiger partial charge in [0.05, 0.1) is 10.9 Å². The summed E-state index contributed by atoms with van der Waals surface area (Å²) in [6.45, 7) is 5.02. The molecule has 0 bridgehead atoms. The number of nitrogens with one attached hydrogen (secondary N) is 1. The maximum atomic E-state index is 13.0. The van der Waals surface area contributed by atoms with Gasteiger partial charge < -0.3 is 0 Å². The van der Waals surface area contributed by atoms with Crippen LogP contribution in [0.2, 0.25) is 0 Å². The average molecular weight is 406 g/mol. The smallest absolute Gasteiger partial charge is 0.241 e. The summed E-state index contributed by atoms with van der Waals surface area (Å²) < 4.78 is 28.8. The number of rotatable bonds is 6. The summed E-state index contributed by atoms with van der Waals surface area (Å²) in [5.74, 6) is -0.112. The monoisotopic (exact) mass is 405 g/mol. The molecule has 3 aromatic carbocycles. The van der Waals surface area contributed by atoms with Crippen molar-refractivity contribution in [3.63, 3.8) is 0 Å². The van der Waals surface area contributed by atoms with Crippen molar-refractivity contribution in [3.8, 4) is 0 Å². The van der Waals surface area contributed by atoms with Crippen molar-refractivity contribution in [3.05, 3.63) is 95.2 Å². The maximum absolute atomic E-state index is 13.0. The maximum Gasteiger partial charge on any atom is 0.241 e. The van der Waals surface area contributed by atoms with Gasteiger partial charge in [0.25, 0.3) is 0 Å². The van der Waals surface area contributed by atoms with Crippen LogP contribution >= 0.6 is 0 Å². The molecular weight excluding hydrogens is 382 g/mol. The highest BCUT2D eigenvalue weighted by atomic mass is 32.2. The predicted octanol–water partition coefficient (Wildman–Crippen LogP) is 4.86. The number of fused-ring (bicyclic) bond motifs is 1. The summed E-state index contributed by atoms with van der Waals surface area (Å²) in [6, 6.07) is 19.5. The van der Waals surface area contributed by atoms with E-state index >= 15 is 0 Å². The second-order valence-corrected chi connectivity index (χ2v) is 8.69. The third kappa shape index (κ3) is 4.90. The van der Waals surface area contributed by atoms with Gasteiger partial charge in [0.15, 0.2) is 5.78 Å².